The summed E-state index contributed by atoms with van der Waals surface area (Å²) in [7, 11) is 3.42. The van der Waals surface area contributed by atoms with Crippen molar-refractivity contribution in [2.45, 2.75) is 25.3 Å². The fourth-order valence-corrected chi connectivity index (χ4v) is 3.74. The summed E-state index contributed by atoms with van der Waals surface area (Å²) in [4.78, 5) is 22.5. The molecule has 0 bridgehead atoms. The second-order valence-electron chi connectivity index (χ2n) is 8.46. The fourth-order valence-electron chi connectivity index (χ4n) is 3.74. The number of nitrogens with zero attached hydrogens (tertiary/aromatic N) is 6. The Labute approximate surface area is 186 Å². The molecule has 1 unspecified atom stereocenters. The minimum absolute atomic E-state index is 0.0185. The molecular weight excluding hydrogens is 406 g/mol. The highest BCUT2D eigenvalue weighted by molar-refractivity contribution is 5.76. The number of anilines is 1. The molecule has 3 heterocycles. The van der Waals surface area contributed by atoms with E-state index in [1.54, 1.807) is 37.2 Å². The first kappa shape index (κ1) is 21.5. The number of aliphatic hydroxyl groups excluding tert-OH is 1. The van der Waals surface area contributed by atoms with Gasteiger partial charge in [-0.15, -0.1) is 0 Å². The summed E-state index contributed by atoms with van der Waals surface area (Å²) in [5.74, 6) is 0.556. The lowest BCUT2D eigenvalue weighted by Crippen LogP contribution is -2.28. The molecule has 3 aromatic rings. The van der Waals surface area contributed by atoms with Gasteiger partial charge in [-0.2, -0.15) is 10.4 Å². The second-order valence-corrected chi connectivity index (χ2v) is 8.46. The van der Waals surface area contributed by atoms with Gasteiger partial charge in [0.1, 0.15) is 18.4 Å². The molecule has 1 aliphatic rings. The van der Waals surface area contributed by atoms with Crippen molar-refractivity contribution in [3.05, 3.63) is 59.3 Å². The van der Waals surface area contributed by atoms with Crippen LogP contribution in [0.5, 0.6) is 0 Å². The van der Waals surface area contributed by atoms with E-state index in [-0.39, 0.29) is 19.1 Å². The minimum Gasteiger partial charge on any atom is -0.395 e. The van der Waals surface area contributed by atoms with Gasteiger partial charge in [-0.1, -0.05) is 6.92 Å². The highest BCUT2D eigenvalue weighted by Gasteiger charge is 2.35. The van der Waals surface area contributed by atoms with Crippen LogP contribution in [0.1, 0.15) is 29.6 Å². The van der Waals surface area contributed by atoms with E-state index in [0.717, 1.165) is 22.5 Å². The Kier molecular flexibility index (Phi) is 5.63. The van der Waals surface area contributed by atoms with Gasteiger partial charge in [0.05, 0.1) is 35.7 Å². The van der Waals surface area contributed by atoms with Crippen molar-refractivity contribution in [1.82, 2.24) is 24.6 Å². The van der Waals surface area contributed by atoms with Gasteiger partial charge in [0.25, 0.3) is 0 Å². The predicted octanol–water partition coefficient (Wildman–Crippen LogP) is 1.57. The number of aromatic nitrogens is 4. The van der Waals surface area contributed by atoms with E-state index in [0.29, 0.717) is 30.0 Å². The predicted molar refractivity (Wildman–Crippen MR) is 119 cm³/mol. The number of likely N-dealkylation sites (N-methyl/N-ethyl adjacent to an activating group) is 1. The highest BCUT2D eigenvalue weighted by Crippen LogP contribution is 2.40. The molecule has 2 N–H and O–H groups in total. The lowest BCUT2D eigenvalue weighted by molar-refractivity contribution is -0.129. The molecule has 9 heteroatoms. The summed E-state index contributed by atoms with van der Waals surface area (Å²) in [6.07, 6.45) is 3.87. The number of hydrogen-bond acceptors (Lipinski definition) is 7. The van der Waals surface area contributed by atoms with Crippen molar-refractivity contribution in [1.29, 1.82) is 5.26 Å². The van der Waals surface area contributed by atoms with E-state index >= 15 is 0 Å². The Balaban J connectivity index is 1.61. The number of fused-ring (bicyclic) bond motifs is 1. The van der Waals surface area contributed by atoms with Crippen LogP contribution in [-0.2, 0) is 23.2 Å². The first-order valence-corrected chi connectivity index (χ1v) is 10.3. The highest BCUT2D eigenvalue weighted by atomic mass is 16.3. The first-order chi connectivity index (χ1) is 15.3. The lowest BCUT2D eigenvalue weighted by atomic mass is 9.83. The molecule has 2 aromatic heterocycles. The minimum atomic E-state index is -0.455. The summed E-state index contributed by atoms with van der Waals surface area (Å²) in [5.41, 5.74) is 4.03. The zero-order valence-corrected chi connectivity index (χ0v) is 18.3. The van der Waals surface area contributed by atoms with Gasteiger partial charge < -0.3 is 15.3 Å². The van der Waals surface area contributed by atoms with E-state index in [4.69, 9.17) is 0 Å². The van der Waals surface area contributed by atoms with Crippen LogP contribution < -0.4 is 5.32 Å². The van der Waals surface area contributed by atoms with Crippen LogP contribution in [0, 0.1) is 11.3 Å². The average Bonchev–Trinajstić information content (AvgIpc) is 3.37. The molecule has 1 aliphatic heterocycles. The monoisotopic (exact) mass is 431 g/mol. The number of rotatable bonds is 6. The van der Waals surface area contributed by atoms with Gasteiger partial charge in [0.2, 0.25) is 5.91 Å². The average molecular weight is 432 g/mol. The number of nitriles is 1. The number of carbonyl (C=O) groups excluding carboxylic acids is 1. The van der Waals surface area contributed by atoms with Crippen LogP contribution in [0.2, 0.25) is 0 Å². The number of amides is 1. The third kappa shape index (κ3) is 4.05. The summed E-state index contributed by atoms with van der Waals surface area (Å²) in [5, 5.41) is 27.3. The molecule has 0 aliphatic carbocycles. The van der Waals surface area contributed by atoms with Gasteiger partial charge in [-0.05, 0) is 29.8 Å². The van der Waals surface area contributed by atoms with Crippen LogP contribution in [0.25, 0.3) is 11.3 Å². The third-order valence-electron chi connectivity index (χ3n) is 5.75. The second kappa shape index (κ2) is 8.40. The Morgan fingerprint density at radius 1 is 1.38 bits per heavy atom. The summed E-state index contributed by atoms with van der Waals surface area (Å²) in [6.45, 7) is 2.71. The normalized spacial score (nSPS) is 16.8. The maximum absolute atomic E-state index is 11.9. The molecule has 0 saturated carbocycles. The van der Waals surface area contributed by atoms with E-state index in [2.05, 4.69) is 26.5 Å². The fraction of sp³-hybridized carbons (Fsp3) is 0.348. The molecule has 164 valence electrons. The van der Waals surface area contributed by atoms with E-state index < -0.39 is 5.41 Å². The summed E-state index contributed by atoms with van der Waals surface area (Å²) in [6, 6.07) is 9.70. The molecule has 0 fully saturated rings. The van der Waals surface area contributed by atoms with Crippen molar-refractivity contribution >= 4 is 11.6 Å². The van der Waals surface area contributed by atoms with Crippen LogP contribution in [0.4, 0.5) is 5.69 Å². The number of aliphatic hydroxyl groups is 1. The van der Waals surface area contributed by atoms with Crippen LogP contribution in [0.3, 0.4) is 0 Å². The topological polar surface area (TPSA) is 120 Å². The zero-order chi connectivity index (χ0) is 22.9. The SMILES string of the molecule is CN(C)C(=O)Cn1ccc(Cc2nccc(-c3cc(C#N)c4c(c3)C(C)(CO)CN4)n2)n1. The van der Waals surface area contributed by atoms with E-state index in [1.807, 2.05) is 25.1 Å². The van der Waals surface area contributed by atoms with Crippen molar-refractivity contribution in [2.24, 2.45) is 0 Å². The first-order valence-electron chi connectivity index (χ1n) is 10.3. The Morgan fingerprint density at radius 2 is 2.19 bits per heavy atom. The molecule has 0 radical (unpaired) electrons. The van der Waals surface area contributed by atoms with Crippen molar-refractivity contribution in [2.75, 3.05) is 32.6 Å². The van der Waals surface area contributed by atoms with Gasteiger partial charge >= 0.3 is 0 Å². The van der Waals surface area contributed by atoms with Gasteiger partial charge in [-0.3, -0.25) is 9.48 Å². The van der Waals surface area contributed by atoms with E-state index in [1.165, 1.54) is 4.90 Å². The summed E-state index contributed by atoms with van der Waals surface area (Å²) >= 11 is 0. The molecule has 1 atom stereocenters. The molecule has 0 saturated heterocycles. The number of hydrogen-bond donors (Lipinski definition) is 2. The smallest absolute Gasteiger partial charge is 0.243 e. The zero-order valence-electron chi connectivity index (χ0n) is 18.3. The van der Waals surface area contributed by atoms with Gasteiger partial charge in [0.15, 0.2) is 0 Å². The Bertz CT molecular complexity index is 1210. The van der Waals surface area contributed by atoms with Crippen molar-refractivity contribution in [3.63, 3.8) is 0 Å². The van der Waals surface area contributed by atoms with Gasteiger partial charge in [-0.25, -0.2) is 9.97 Å². The Morgan fingerprint density at radius 3 is 2.91 bits per heavy atom. The van der Waals surface area contributed by atoms with Crippen LogP contribution >= 0.6 is 0 Å². The quantitative estimate of drug-likeness (QED) is 0.608. The molecule has 0 spiro atoms. The lowest BCUT2D eigenvalue weighted by Gasteiger charge is -2.21. The largest absolute Gasteiger partial charge is 0.395 e. The molecule has 1 amide bonds. The molecule has 9 nitrogen and oxygen atoms in total. The Hall–Kier alpha value is -3.77. The van der Waals surface area contributed by atoms with Crippen molar-refractivity contribution < 1.29 is 9.90 Å². The number of benzene rings is 1. The third-order valence-corrected chi connectivity index (χ3v) is 5.75. The molecule has 1 aromatic carbocycles. The number of carbonyl (C=O) groups is 1. The molecule has 32 heavy (non-hydrogen) atoms. The van der Waals surface area contributed by atoms with E-state index in [9.17, 15) is 15.2 Å². The van der Waals surface area contributed by atoms with Gasteiger partial charge in [0, 0.05) is 44.0 Å². The standard InChI is InChI=1S/C23H25N7O2/c1-23(14-31)13-26-22-16(11-24)8-15(9-18(22)23)19-4-6-25-20(27-19)10-17-5-7-30(28-17)12-21(32)29(2)3/h4-9,26,31H,10,12-14H2,1-3H3. The van der Waals surface area contributed by atoms with Crippen LogP contribution in [-0.4, -0.2) is 62.9 Å². The number of nitrogens with one attached hydrogen (secondary N) is 1. The molecule has 4 rings (SSSR count). The van der Waals surface area contributed by atoms with Crippen molar-refractivity contribution in [3.8, 4) is 17.3 Å². The summed E-state index contributed by atoms with van der Waals surface area (Å²) < 4.78 is 1.60. The molecular formula is C23H25N7O2. The maximum Gasteiger partial charge on any atom is 0.243 e. The van der Waals surface area contributed by atoms with Crippen LogP contribution in [0.15, 0.2) is 36.7 Å². The maximum atomic E-state index is 11.9.